The third kappa shape index (κ3) is 5.31. The minimum atomic E-state index is 0.0642. The second-order valence-electron chi connectivity index (χ2n) is 8.73. The Morgan fingerprint density at radius 1 is 0.857 bits per heavy atom. The number of aryl methyl sites for hydroxylation is 2. The van der Waals surface area contributed by atoms with Crippen LogP contribution in [0.1, 0.15) is 27.0 Å². The number of benzene rings is 3. The molecule has 2 heterocycles. The standard InChI is InChI=1S/C28H28N4O2S/c1-20-3-9-23(10-4-20)26-29-30-28(32(26)25-13-5-21(2)6-14-25)35-19-22-7-11-24(12-8-22)27(33)31-15-17-34-18-16-31/h3-14H,15-19H2,1-2H3. The number of aromatic nitrogens is 3. The van der Waals surface area contributed by atoms with Crippen LogP contribution in [-0.2, 0) is 10.5 Å². The number of carbonyl (C=O) groups is 1. The molecule has 0 N–H and O–H groups in total. The Labute approximate surface area is 210 Å². The first-order valence-corrected chi connectivity index (χ1v) is 12.8. The van der Waals surface area contributed by atoms with Gasteiger partial charge in [-0.1, -0.05) is 71.4 Å². The van der Waals surface area contributed by atoms with Crippen molar-refractivity contribution in [2.75, 3.05) is 26.3 Å². The van der Waals surface area contributed by atoms with Crippen molar-refractivity contribution in [1.82, 2.24) is 19.7 Å². The van der Waals surface area contributed by atoms with Crippen molar-refractivity contribution in [3.63, 3.8) is 0 Å². The van der Waals surface area contributed by atoms with E-state index in [1.165, 1.54) is 11.1 Å². The van der Waals surface area contributed by atoms with Gasteiger partial charge in [-0.25, -0.2) is 0 Å². The molecule has 0 radical (unpaired) electrons. The summed E-state index contributed by atoms with van der Waals surface area (Å²) in [7, 11) is 0. The third-order valence-electron chi connectivity index (χ3n) is 6.10. The first-order valence-electron chi connectivity index (χ1n) is 11.8. The molecule has 0 spiro atoms. The number of morpholine rings is 1. The topological polar surface area (TPSA) is 60.3 Å². The molecule has 4 aromatic rings. The van der Waals surface area contributed by atoms with Crippen molar-refractivity contribution in [3.8, 4) is 17.1 Å². The number of amides is 1. The molecule has 1 aliphatic heterocycles. The molecular formula is C28H28N4O2S. The van der Waals surface area contributed by atoms with Crippen LogP contribution in [-0.4, -0.2) is 51.9 Å². The van der Waals surface area contributed by atoms with Gasteiger partial charge in [0, 0.05) is 35.7 Å². The van der Waals surface area contributed by atoms with Gasteiger partial charge in [0.2, 0.25) is 0 Å². The van der Waals surface area contributed by atoms with E-state index >= 15 is 0 Å². The molecule has 35 heavy (non-hydrogen) atoms. The molecule has 1 saturated heterocycles. The molecule has 0 saturated carbocycles. The Morgan fingerprint density at radius 3 is 2.14 bits per heavy atom. The second-order valence-corrected chi connectivity index (χ2v) is 9.68. The highest BCUT2D eigenvalue weighted by Gasteiger charge is 2.19. The fourth-order valence-electron chi connectivity index (χ4n) is 4.02. The van der Waals surface area contributed by atoms with E-state index in [2.05, 4.69) is 77.1 Å². The molecule has 1 aromatic heterocycles. The summed E-state index contributed by atoms with van der Waals surface area (Å²) in [5, 5.41) is 9.92. The Balaban J connectivity index is 1.36. The number of hydrogen-bond acceptors (Lipinski definition) is 5. The predicted octanol–water partition coefficient (Wildman–Crippen LogP) is 5.32. The number of rotatable bonds is 6. The van der Waals surface area contributed by atoms with Crippen LogP contribution in [0.2, 0.25) is 0 Å². The molecule has 0 aliphatic carbocycles. The van der Waals surface area contributed by atoms with Crippen molar-refractivity contribution in [2.45, 2.75) is 24.8 Å². The van der Waals surface area contributed by atoms with Gasteiger partial charge in [-0.3, -0.25) is 9.36 Å². The van der Waals surface area contributed by atoms with Crippen LogP contribution in [0, 0.1) is 13.8 Å². The first-order chi connectivity index (χ1) is 17.1. The van der Waals surface area contributed by atoms with Crippen LogP contribution >= 0.6 is 11.8 Å². The van der Waals surface area contributed by atoms with E-state index in [-0.39, 0.29) is 5.91 Å². The normalized spacial score (nSPS) is 13.7. The quantitative estimate of drug-likeness (QED) is 0.347. The zero-order chi connectivity index (χ0) is 24.2. The van der Waals surface area contributed by atoms with Gasteiger partial charge in [-0.05, 0) is 43.7 Å². The molecule has 5 rings (SSSR count). The molecule has 1 fully saturated rings. The van der Waals surface area contributed by atoms with Crippen LogP contribution in [0.25, 0.3) is 17.1 Å². The Morgan fingerprint density at radius 2 is 1.49 bits per heavy atom. The van der Waals surface area contributed by atoms with Gasteiger partial charge in [-0.15, -0.1) is 10.2 Å². The largest absolute Gasteiger partial charge is 0.378 e. The van der Waals surface area contributed by atoms with Crippen molar-refractivity contribution >= 4 is 17.7 Å². The Hall–Kier alpha value is -3.42. The number of nitrogens with zero attached hydrogens (tertiary/aromatic N) is 4. The van der Waals surface area contributed by atoms with Crippen LogP contribution in [0.5, 0.6) is 0 Å². The number of carbonyl (C=O) groups excluding carboxylic acids is 1. The second kappa shape index (κ2) is 10.5. The summed E-state index contributed by atoms with van der Waals surface area (Å²) in [5.74, 6) is 1.61. The molecule has 1 amide bonds. The SMILES string of the molecule is Cc1ccc(-c2nnc(SCc3ccc(C(=O)N4CCOCC4)cc3)n2-c2ccc(C)cc2)cc1. The van der Waals surface area contributed by atoms with E-state index < -0.39 is 0 Å². The zero-order valence-corrected chi connectivity index (χ0v) is 20.8. The lowest BCUT2D eigenvalue weighted by Gasteiger charge is -2.26. The maximum absolute atomic E-state index is 12.7. The van der Waals surface area contributed by atoms with Gasteiger partial charge >= 0.3 is 0 Å². The maximum atomic E-state index is 12.7. The molecule has 0 atom stereocenters. The lowest BCUT2D eigenvalue weighted by Crippen LogP contribution is -2.40. The molecule has 0 unspecified atom stereocenters. The van der Waals surface area contributed by atoms with Crippen LogP contribution in [0.3, 0.4) is 0 Å². The zero-order valence-electron chi connectivity index (χ0n) is 20.0. The van der Waals surface area contributed by atoms with E-state index in [1.54, 1.807) is 11.8 Å². The summed E-state index contributed by atoms with van der Waals surface area (Å²) in [4.78, 5) is 14.6. The fraction of sp³-hybridized carbons (Fsp3) is 0.250. The van der Waals surface area contributed by atoms with Crippen molar-refractivity contribution in [1.29, 1.82) is 0 Å². The number of thioether (sulfide) groups is 1. The molecular weight excluding hydrogens is 456 g/mol. The number of ether oxygens (including phenoxy) is 1. The van der Waals surface area contributed by atoms with Gasteiger partial charge in [0.15, 0.2) is 11.0 Å². The van der Waals surface area contributed by atoms with Gasteiger partial charge < -0.3 is 9.64 Å². The summed E-state index contributed by atoms with van der Waals surface area (Å²) in [6.07, 6.45) is 0. The Kier molecular flexibility index (Phi) is 6.97. The maximum Gasteiger partial charge on any atom is 0.254 e. The predicted molar refractivity (Wildman–Crippen MR) is 139 cm³/mol. The van der Waals surface area contributed by atoms with E-state index in [1.807, 2.05) is 29.2 Å². The van der Waals surface area contributed by atoms with E-state index in [4.69, 9.17) is 4.74 Å². The molecule has 1 aliphatic rings. The molecule has 0 bridgehead atoms. The highest BCUT2D eigenvalue weighted by atomic mass is 32.2. The average molecular weight is 485 g/mol. The van der Waals surface area contributed by atoms with E-state index in [0.717, 1.165) is 33.5 Å². The number of hydrogen-bond donors (Lipinski definition) is 0. The highest BCUT2D eigenvalue weighted by molar-refractivity contribution is 7.98. The average Bonchev–Trinajstić information content (AvgIpc) is 3.32. The summed E-state index contributed by atoms with van der Waals surface area (Å²) in [6.45, 7) is 6.66. The van der Waals surface area contributed by atoms with Gasteiger partial charge in [-0.2, -0.15) is 0 Å². The Bertz CT molecular complexity index is 1290. The monoisotopic (exact) mass is 484 g/mol. The third-order valence-corrected chi connectivity index (χ3v) is 7.10. The molecule has 3 aromatic carbocycles. The lowest BCUT2D eigenvalue weighted by molar-refractivity contribution is 0.0303. The van der Waals surface area contributed by atoms with E-state index in [0.29, 0.717) is 31.9 Å². The lowest BCUT2D eigenvalue weighted by atomic mass is 10.1. The first kappa shape index (κ1) is 23.3. The molecule has 6 nitrogen and oxygen atoms in total. The smallest absolute Gasteiger partial charge is 0.254 e. The summed E-state index contributed by atoms with van der Waals surface area (Å²) < 4.78 is 7.47. The summed E-state index contributed by atoms with van der Waals surface area (Å²) in [6, 6.07) is 24.6. The minimum Gasteiger partial charge on any atom is -0.378 e. The minimum absolute atomic E-state index is 0.0642. The fourth-order valence-corrected chi connectivity index (χ4v) is 4.93. The van der Waals surface area contributed by atoms with Crippen LogP contribution in [0.15, 0.2) is 78.0 Å². The van der Waals surface area contributed by atoms with E-state index in [9.17, 15) is 4.79 Å². The summed E-state index contributed by atoms with van der Waals surface area (Å²) in [5.41, 5.74) is 6.32. The van der Waals surface area contributed by atoms with Crippen molar-refractivity contribution in [2.24, 2.45) is 0 Å². The molecule has 7 heteroatoms. The van der Waals surface area contributed by atoms with Gasteiger partial charge in [0.05, 0.1) is 13.2 Å². The highest BCUT2D eigenvalue weighted by Crippen LogP contribution is 2.30. The van der Waals surface area contributed by atoms with Crippen LogP contribution in [0.4, 0.5) is 0 Å². The summed E-state index contributed by atoms with van der Waals surface area (Å²) >= 11 is 1.64. The van der Waals surface area contributed by atoms with Crippen molar-refractivity contribution < 1.29 is 9.53 Å². The van der Waals surface area contributed by atoms with Crippen molar-refractivity contribution in [3.05, 3.63) is 95.1 Å². The van der Waals surface area contributed by atoms with Gasteiger partial charge in [0.1, 0.15) is 0 Å². The molecule has 178 valence electrons. The van der Waals surface area contributed by atoms with Gasteiger partial charge in [0.25, 0.3) is 5.91 Å². The van der Waals surface area contributed by atoms with Crippen LogP contribution < -0.4 is 0 Å².